The molecule has 3 nitrogen and oxygen atoms in total. The van der Waals surface area contributed by atoms with Crippen molar-refractivity contribution in [2.24, 2.45) is 5.92 Å². The lowest BCUT2D eigenvalue weighted by molar-refractivity contribution is -0.140. The Morgan fingerprint density at radius 1 is 1.24 bits per heavy atom. The van der Waals surface area contributed by atoms with E-state index in [9.17, 15) is 4.79 Å². The van der Waals surface area contributed by atoms with E-state index in [2.05, 4.69) is 27.7 Å². The summed E-state index contributed by atoms with van der Waals surface area (Å²) >= 11 is 6.21. The van der Waals surface area contributed by atoms with Gasteiger partial charge in [0.15, 0.2) is 0 Å². The van der Waals surface area contributed by atoms with Crippen molar-refractivity contribution in [1.29, 1.82) is 0 Å². The summed E-state index contributed by atoms with van der Waals surface area (Å²) in [5, 5.41) is 0.676. The first-order chi connectivity index (χ1) is 9.85. The van der Waals surface area contributed by atoms with Gasteiger partial charge in [-0.2, -0.15) is 0 Å². The average molecular weight is 313 g/mol. The molecule has 0 bridgehead atoms. The van der Waals surface area contributed by atoms with Crippen molar-refractivity contribution in [2.45, 2.75) is 46.5 Å². The number of rotatable bonds is 7. The van der Waals surface area contributed by atoms with Crippen LogP contribution in [0.1, 0.15) is 51.2 Å². The fourth-order valence-electron chi connectivity index (χ4n) is 2.05. The molecule has 0 atom stereocenters. The van der Waals surface area contributed by atoms with Gasteiger partial charge in [0.2, 0.25) is 0 Å². The topological polar surface area (TPSA) is 35.5 Å². The molecule has 0 heterocycles. The van der Waals surface area contributed by atoms with Crippen LogP contribution in [-0.2, 0) is 16.0 Å². The molecular formula is C17H25ClO3. The van der Waals surface area contributed by atoms with Gasteiger partial charge in [0, 0.05) is 11.4 Å². The molecule has 1 aromatic carbocycles. The van der Waals surface area contributed by atoms with E-state index in [1.165, 1.54) is 7.11 Å². The minimum atomic E-state index is -0.226. The van der Waals surface area contributed by atoms with Gasteiger partial charge in [0.1, 0.15) is 5.75 Å². The molecule has 0 spiro atoms. The van der Waals surface area contributed by atoms with Gasteiger partial charge in [-0.25, -0.2) is 0 Å². The molecule has 1 rings (SSSR count). The number of aryl methyl sites for hydroxylation is 1. The number of esters is 1. The molecule has 0 unspecified atom stereocenters. The summed E-state index contributed by atoms with van der Waals surface area (Å²) in [6.07, 6.45) is 0.896. The van der Waals surface area contributed by atoms with Crippen molar-refractivity contribution in [3.05, 3.63) is 28.3 Å². The summed E-state index contributed by atoms with van der Waals surface area (Å²) in [6, 6.07) is 3.83. The van der Waals surface area contributed by atoms with Gasteiger partial charge in [0.05, 0.1) is 13.7 Å². The molecule has 0 aliphatic rings. The van der Waals surface area contributed by atoms with Gasteiger partial charge in [-0.3, -0.25) is 4.79 Å². The van der Waals surface area contributed by atoms with Gasteiger partial charge >= 0.3 is 5.97 Å². The van der Waals surface area contributed by atoms with Crippen molar-refractivity contribution < 1.29 is 14.3 Å². The first-order valence-corrected chi connectivity index (χ1v) is 7.74. The summed E-state index contributed by atoms with van der Waals surface area (Å²) in [6.45, 7) is 9.08. The number of carbonyl (C=O) groups is 1. The summed E-state index contributed by atoms with van der Waals surface area (Å²) in [4.78, 5) is 11.4. The molecule has 0 saturated heterocycles. The van der Waals surface area contributed by atoms with E-state index in [-0.39, 0.29) is 5.97 Å². The molecule has 0 radical (unpaired) electrons. The van der Waals surface area contributed by atoms with Crippen LogP contribution in [0.2, 0.25) is 5.02 Å². The molecular weight excluding hydrogens is 288 g/mol. The lowest BCUT2D eigenvalue weighted by Gasteiger charge is -2.19. The van der Waals surface area contributed by atoms with Gasteiger partial charge < -0.3 is 9.47 Å². The standard InChI is InChI=1S/C17H25ClO3/c1-11(2)10-21-17-13(6-7-16(19)20-5)8-14(18)9-15(17)12(3)4/h8-9,11-12H,6-7,10H2,1-5H3. The highest BCUT2D eigenvalue weighted by Gasteiger charge is 2.16. The zero-order chi connectivity index (χ0) is 16.0. The van der Waals surface area contributed by atoms with Crippen molar-refractivity contribution in [2.75, 3.05) is 13.7 Å². The number of ether oxygens (including phenoxy) is 2. The van der Waals surface area contributed by atoms with E-state index in [0.717, 1.165) is 16.9 Å². The maximum absolute atomic E-state index is 11.4. The monoisotopic (exact) mass is 312 g/mol. The molecule has 0 aliphatic carbocycles. The lowest BCUT2D eigenvalue weighted by Crippen LogP contribution is -2.10. The third-order valence-corrected chi connectivity index (χ3v) is 3.39. The van der Waals surface area contributed by atoms with E-state index in [1.807, 2.05) is 12.1 Å². The van der Waals surface area contributed by atoms with Crippen LogP contribution in [0, 0.1) is 5.92 Å². The van der Waals surface area contributed by atoms with E-state index < -0.39 is 0 Å². The number of halogens is 1. The zero-order valence-corrected chi connectivity index (χ0v) is 14.3. The van der Waals surface area contributed by atoms with E-state index in [0.29, 0.717) is 36.3 Å². The first kappa shape index (κ1) is 17.8. The number of benzene rings is 1. The maximum atomic E-state index is 11.4. The fourth-order valence-corrected chi connectivity index (χ4v) is 2.30. The van der Waals surface area contributed by atoms with Crippen LogP contribution in [0.25, 0.3) is 0 Å². The van der Waals surface area contributed by atoms with Gasteiger partial charge in [-0.15, -0.1) is 0 Å². The number of hydrogen-bond donors (Lipinski definition) is 0. The second kappa shape index (κ2) is 8.28. The Hall–Kier alpha value is -1.22. The highest BCUT2D eigenvalue weighted by molar-refractivity contribution is 6.30. The highest BCUT2D eigenvalue weighted by atomic mass is 35.5. The summed E-state index contributed by atoms with van der Waals surface area (Å²) < 4.78 is 10.7. The van der Waals surface area contributed by atoms with Crippen LogP contribution in [0.15, 0.2) is 12.1 Å². The van der Waals surface area contributed by atoms with Crippen molar-refractivity contribution in [1.82, 2.24) is 0 Å². The Morgan fingerprint density at radius 2 is 1.90 bits per heavy atom. The first-order valence-electron chi connectivity index (χ1n) is 7.37. The SMILES string of the molecule is COC(=O)CCc1cc(Cl)cc(C(C)C)c1OCC(C)C. The van der Waals surface area contributed by atoms with Gasteiger partial charge in [-0.1, -0.05) is 39.3 Å². The Balaban J connectivity index is 3.09. The third-order valence-electron chi connectivity index (χ3n) is 3.17. The highest BCUT2D eigenvalue weighted by Crippen LogP contribution is 2.34. The molecule has 0 amide bonds. The van der Waals surface area contributed by atoms with Crippen molar-refractivity contribution >= 4 is 17.6 Å². The average Bonchev–Trinajstić information content (AvgIpc) is 2.42. The predicted octanol–water partition coefficient (Wildman–Crippen LogP) is 4.60. The van der Waals surface area contributed by atoms with Crippen LogP contribution >= 0.6 is 11.6 Å². The zero-order valence-electron chi connectivity index (χ0n) is 13.5. The van der Waals surface area contributed by atoms with Crippen LogP contribution in [0.5, 0.6) is 5.75 Å². The van der Waals surface area contributed by atoms with E-state index in [4.69, 9.17) is 21.1 Å². The van der Waals surface area contributed by atoms with Crippen LogP contribution in [0.4, 0.5) is 0 Å². The second-order valence-electron chi connectivity index (χ2n) is 5.92. The Kier molecular flexibility index (Phi) is 7.03. The maximum Gasteiger partial charge on any atom is 0.305 e. The summed E-state index contributed by atoms with van der Waals surface area (Å²) in [7, 11) is 1.40. The molecule has 21 heavy (non-hydrogen) atoms. The minimum absolute atomic E-state index is 0.226. The Morgan fingerprint density at radius 3 is 2.43 bits per heavy atom. The van der Waals surface area contributed by atoms with Crippen LogP contribution in [0.3, 0.4) is 0 Å². The van der Waals surface area contributed by atoms with E-state index >= 15 is 0 Å². The molecule has 0 N–H and O–H groups in total. The van der Waals surface area contributed by atoms with Crippen molar-refractivity contribution in [3.8, 4) is 5.75 Å². The van der Waals surface area contributed by atoms with Crippen molar-refractivity contribution in [3.63, 3.8) is 0 Å². The number of methoxy groups -OCH3 is 1. The fraction of sp³-hybridized carbons (Fsp3) is 0.588. The molecule has 1 aromatic rings. The second-order valence-corrected chi connectivity index (χ2v) is 6.36. The normalized spacial score (nSPS) is 11.0. The Bertz CT molecular complexity index is 481. The Labute approximate surface area is 132 Å². The van der Waals surface area contributed by atoms with Crippen LogP contribution in [-0.4, -0.2) is 19.7 Å². The third kappa shape index (κ3) is 5.58. The molecule has 0 aliphatic heterocycles. The predicted molar refractivity (Wildman–Crippen MR) is 86.2 cm³/mol. The van der Waals surface area contributed by atoms with Crippen LogP contribution < -0.4 is 4.74 Å². The molecule has 4 heteroatoms. The molecule has 118 valence electrons. The number of carbonyl (C=O) groups excluding carboxylic acids is 1. The quantitative estimate of drug-likeness (QED) is 0.690. The largest absolute Gasteiger partial charge is 0.493 e. The smallest absolute Gasteiger partial charge is 0.305 e. The summed E-state index contributed by atoms with van der Waals surface area (Å²) in [5.74, 6) is 1.39. The number of hydrogen-bond acceptors (Lipinski definition) is 3. The minimum Gasteiger partial charge on any atom is -0.493 e. The molecule has 0 saturated carbocycles. The molecule has 0 fully saturated rings. The molecule has 0 aromatic heterocycles. The lowest BCUT2D eigenvalue weighted by atomic mass is 9.97. The summed E-state index contributed by atoms with van der Waals surface area (Å²) in [5.41, 5.74) is 2.06. The van der Waals surface area contributed by atoms with Gasteiger partial charge in [0.25, 0.3) is 0 Å². The van der Waals surface area contributed by atoms with E-state index in [1.54, 1.807) is 0 Å². The van der Waals surface area contributed by atoms with Gasteiger partial charge in [-0.05, 0) is 41.5 Å².